The maximum atomic E-state index is 14.1. The summed E-state index contributed by atoms with van der Waals surface area (Å²) in [5.74, 6) is -1.97. The molecule has 0 bridgehead atoms. The molecule has 0 spiro atoms. The van der Waals surface area contributed by atoms with E-state index in [0.717, 1.165) is 13.0 Å². The van der Waals surface area contributed by atoms with Crippen molar-refractivity contribution in [1.82, 2.24) is 20.6 Å². The van der Waals surface area contributed by atoms with Crippen molar-refractivity contribution in [2.45, 2.75) is 38.0 Å². The number of carboxylic acids is 1. The number of hydrogen-bond donors (Lipinski definition) is 3. The first-order valence-electron chi connectivity index (χ1n) is 12.4. The van der Waals surface area contributed by atoms with E-state index < -0.39 is 46.6 Å². The zero-order valence-corrected chi connectivity index (χ0v) is 21.7. The number of nitrogens with one attached hydrogen (secondary N) is 1. The van der Waals surface area contributed by atoms with Crippen molar-refractivity contribution in [1.29, 1.82) is 0 Å². The molecule has 0 unspecified atom stereocenters. The van der Waals surface area contributed by atoms with Crippen LogP contribution >= 0.6 is 11.6 Å². The number of carbonyl (C=O) groups is 1. The Balaban J connectivity index is 1.39. The van der Waals surface area contributed by atoms with E-state index in [9.17, 15) is 28.2 Å². The van der Waals surface area contributed by atoms with E-state index in [1.165, 1.54) is 18.2 Å². The first kappa shape index (κ1) is 27.8. The van der Waals surface area contributed by atoms with E-state index >= 15 is 0 Å². The van der Waals surface area contributed by atoms with Gasteiger partial charge in [0.05, 0.1) is 17.5 Å². The second-order valence-electron chi connectivity index (χ2n) is 9.83. The highest BCUT2D eigenvalue weighted by Crippen LogP contribution is 2.45. The molecule has 3 N–H and O–H groups in total. The minimum Gasteiger partial charge on any atom is -0.481 e. The SMILES string of the molecule is O=C(O)C[C@]1(C[C@H](O)c2ccc(-c3noc(-c4noc(-c5ccccc5Cl)c4C(F)(F)F)n3)cc2)CCCNC1. The zero-order chi connectivity index (χ0) is 28.5. The van der Waals surface area contributed by atoms with Crippen LogP contribution in [0.25, 0.3) is 34.3 Å². The van der Waals surface area contributed by atoms with E-state index in [2.05, 4.69) is 20.6 Å². The van der Waals surface area contributed by atoms with Crippen LogP contribution in [0.4, 0.5) is 13.2 Å². The molecule has 40 heavy (non-hydrogen) atoms. The van der Waals surface area contributed by atoms with E-state index in [0.29, 0.717) is 24.1 Å². The Morgan fingerprint density at radius 2 is 1.88 bits per heavy atom. The van der Waals surface area contributed by atoms with Crippen LogP contribution in [0.3, 0.4) is 0 Å². The molecule has 0 aliphatic carbocycles. The van der Waals surface area contributed by atoms with E-state index in [1.54, 1.807) is 30.3 Å². The maximum Gasteiger partial charge on any atom is 0.422 e. The normalized spacial score (nSPS) is 18.5. The minimum absolute atomic E-state index is 0.00489. The number of alkyl halides is 3. The van der Waals surface area contributed by atoms with Crippen LogP contribution in [0, 0.1) is 5.41 Å². The Bertz CT molecular complexity index is 1500. The summed E-state index contributed by atoms with van der Waals surface area (Å²) >= 11 is 6.09. The zero-order valence-electron chi connectivity index (χ0n) is 20.9. The van der Waals surface area contributed by atoms with Gasteiger partial charge < -0.3 is 24.6 Å². The van der Waals surface area contributed by atoms with Gasteiger partial charge in [0.15, 0.2) is 11.5 Å². The minimum atomic E-state index is -4.86. The summed E-state index contributed by atoms with van der Waals surface area (Å²) in [7, 11) is 0. The van der Waals surface area contributed by atoms with Crippen molar-refractivity contribution < 1.29 is 37.2 Å². The molecule has 0 saturated carbocycles. The summed E-state index contributed by atoms with van der Waals surface area (Å²) in [5, 5.41) is 30.9. The second kappa shape index (κ2) is 11.0. The molecule has 2 aromatic heterocycles. The first-order valence-corrected chi connectivity index (χ1v) is 12.8. The number of nitrogens with zero attached hydrogens (tertiary/aromatic N) is 3. The van der Waals surface area contributed by atoms with Crippen molar-refractivity contribution >= 4 is 17.6 Å². The smallest absolute Gasteiger partial charge is 0.422 e. The molecule has 3 heterocycles. The lowest BCUT2D eigenvalue weighted by Gasteiger charge is -2.38. The van der Waals surface area contributed by atoms with Crippen LogP contribution in [-0.4, -0.2) is 44.6 Å². The Morgan fingerprint density at radius 1 is 1.12 bits per heavy atom. The number of aliphatic hydroxyl groups is 1. The summed E-state index contributed by atoms with van der Waals surface area (Å²) in [6.07, 6.45) is -4.06. The van der Waals surface area contributed by atoms with Crippen LogP contribution < -0.4 is 5.32 Å². The van der Waals surface area contributed by atoms with Gasteiger partial charge in [0.25, 0.3) is 5.89 Å². The first-order chi connectivity index (χ1) is 19.1. The molecule has 4 aromatic rings. The Hall–Kier alpha value is -3.74. The number of rotatable bonds is 8. The lowest BCUT2D eigenvalue weighted by atomic mass is 9.73. The van der Waals surface area contributed by atoms with Gasteiger partial charge >= 0.3 is 12.1 Å². The number of aromatic nitrogens is 3. The Morgan fingerprint density at radius 3 is 2.52 bits per heavy atom. The van der Waals surface area contributed by atoms with Crippen molar-refractivity contribution in [3.8, 4) is 34.3 Å². The molecule has 0 radical (unpaired) electrons. The van der Waals surface area contributed by atoms with Crippen LogP contribution in [0.15, 0.2) is 57.6 Å². The number of halogens is 4. The fourth-order valence-corrected chi connectivity index (χ4v) is 5.32. The molecule has 9 nitrogen and oxygen atoms in total. The highest BCUT2D eigenvalue weighted by Gasteiger charge is 2.43. The molecule has 0 amide bonds. The molecule has 2 aromatic carbocycles. The fourth-order valence-electron chi connectivity index (χ4n) is 5.10. The van der Waals surface area contributed by atoms with Crippen molar-refractivity contribution in [2.24, 2.45) is 5.41 Å². The topological polar surface area (TPSA) is 135 Å². The highest BCUT2D eigenvalue weighted by atomic mass is 35.5. The number of benzene rings is 2. The largest absolute Gasteiger partial charge is 0.481 e. The van der Waals surface area contributed by atoms with Crippen molar-refractivity contribution in [2.75, 3.05) is 13.1 Å². The van der Waals surface area contributed by atoms with Crippen molar-refractivity contribution in [3.05, 3.63) is 64.7 Å². The van der Waals surface area contributed by atoms with Gasteiger partial charge in [-0.2, -0.15) is 18.2 Å². The molecule has 1 aliphatic heterocycles. The molecule has 1 aliphatic rings. The number of aliphatic carboxylic acids is 1. The van der Waals surface area contributed by atoms with E-state index in [4.69, 9.17) is 20.6 Å². The third kappa shape index (κ3) is 5.74. The average molecular weight is 577 g/mol. The van der Waals surface area contributed by atoms with Crippen LogP contribution in [-0.2, 0) is 11.0 Å². The van der Waals surface area contributed by atoms with Gasteiger partial charge in [-0.05, 0) is 48.9 Å². The predicted molar refractivity (Wildman–Crippen MR) is 137 cm³/mol. The van der Waals surface area contributed by atoms with Crippen LogP contribution in [0.2, 0.25) is 5.02 Å². The summed E-state index contributed by atoms with van der Waals surface area (Å²) < 4.78 is 52.4. The van der Waals surface area contributed by atoms with Gasteiger partial charge in [0, 0.05) is 17.7 Å². The monoisotopic (exact) mass is 576 g/mol. The van der Waals surface area contributed by atoms with Gasteiger partial charge in [-0.1, -0.05) is 58.3 Å². The van der Waals surface area contributed by atoms with E-state index in [1.807, 2.05) is 0 Å². The van der Waals surface area contributed by atoms with Gasteiger partial charge in [-0.25, -0.2) is 0 Å². The molecule has 13 heteroatoms. The number of carboxylic acid groups (broad SMARTS) is 1. The number of piperidine rings is 1. The fraction of sp³-hybridized carbons (Fsp3) is 0.333. The standard InChI is InChI=1S/C27H24ClF3N4O5/c28-18-5-2-1-4-17(18)23-21(27(29,30)31)22(34-39-23)25-33-24(35-40-25)16-8-6-15(7-9-16)19(36)12-26(13-20(37)38)10-3-11-32-14-26/h1-2,4-9,19,32,36H,3,10-14H2,(H,37,38)/t19-,26+/m0/s1. The van der Waals surface area contributed by atoms with Crippen LogP contribution in [0.5, 0.6) is 0 Å². The molecule has 2 atom stereocenters. The molecule has 1 saturated heterocycles. The second-order valence-corrected chi connectivity index (χ2v) is 10.2. The van der Waals surface area contributed by atoms with Gasteiger partial charge in [-0.15, -0.1) is 0 Å². The maximum absolute atomic E-state index is 14.1. The molecular weight excluding hydrogens is 553 g/mol. The third-order valence-electron chi connectivity index (χ3n) is 6.99. The summed E-state index contributed by atoms with van der Waals surface area (Å²) in [4.78, 5) is 15.5. The van der Waals surface area contributed by atoms with Gasteiger partial charge in [0.2, 0.25) is 5.82 Å². The molecular formula is C27H24ClF3N4O5. The lowest BCUT2D eigenvalue weighted by Crippen LogP contribution is -2.42. The molecule has 210 valence electrons. The molecule has 5 rings (SSSR count). The molecule has 1 fully saturated rings. The number of hydrogen-bond acceptors (Lipinski definition) is 8. The summed E-state index contributed by atoms with van der Waals surface area (Å²) in [6, 6.07) is 12.4. The third-order valence-corrected chi connectivity index (χ3v) is 7.32. The van der Waals surface area contributed by atoms with Crippen molar-refractivity contribution in [3.63, 3.8) is 0 Å². The average Bonchev–Trinajstić information content (AvgIpc) is 3.57. The Kier molecular flexibility index (Phi) is 7.67. The predicted octanol–water partition coefficient (Wildman–Crippen LogP) is 6.00. The summed E-state index contributed by atoms with van der Waals surface area (Å²) in [6.45, 7) is 1.30. The van der Waals surface area contributed by atoms with E-state index in [-0.39, 0.29) is 29.3 Å². The Labute approximate surface area is 230 Å². The number of aliphatic hydroxyl groups excluding tert-OH is 1. The highest BCUT2D eigenvalue weighted by molar-refractivity contribution is 6.33. The van der Waals surface area contributed by atoms with Crippen LogP contribution in [0.1, 0.15) is 42.9 Å². The quantitative estimate of drug-likeness (QED) is 0.231. The van der Waals surface area contributed by atoms with Gasteiger partial charge in [-0.3, -0.25) is 4.79 Å². The summed E-state index contributed by atoms with van der Waals surface area (Å²) in [5.41, 5.74) is -1.43. The van der Waals surface area contributed by atoms with Gasteiger partial charge in [0.1, 0.15) is 5.56 Å². The lowest BCUT2D eigenvalue weighted by molar-refractivity contribution is -0.141.